The summed E-state index contributed by atoms with van der Waals surface area (Å²) in [6.45, 7) is 0.948. The van der Waals surface area contributed by atoms with Crippen molar-refractivity contribution in [2.75, 3.05) is 24.7 Å². The summed E-state index contributed by atoms with van der Waals surface area (Å²) < 4.78 is 34.0. The maximum atomic E-state index is 12.3. The van der Waals surface area contributed by atoms with Crippen molar-refractivity contribution in [3.63, 3.8) is 0 Å². The number of hydrogen-bond donors (Lipinski definition) is 2. The van der Waals surface area contributed by atoms with Gasteiger partial charge in [0, 0.05) is 29.5 Å². The molecule has 1 aromatic carbocycles. The second-order valence-electron chi connectivity index (χ2n) is 6.87. The molecule has 0 aliphatic carbocycles. The van der Waals surface area contributed by atoms with E-state index in [1.54, 1.807) is 12.1 Å². The summed E-state index contributed by atoms with van der Waals surface area (Å²) in [4.78, 5) is 27.2. The van der Waals surface area contributed by atoms with Crippen LogP contribution in [-0.4, -0.2) is 50.1 Å². The Morgan fingerprint density at radius 2 is 1.93 bits per heavy atom. The van der Waals surface area contributed by atoms with Gasteiger partial charge in [0.15, 0.2) is 21.3 Å². The summed E-state index contributed by atoms with van der Waals surface area (Å²) in [5.41, 5.74) is 0.886. The lowest BCUT2D eigenvalue weighted by atomic mass is 10.1. The second kappa shape index (κ2) is 6.88. The van der Waals surface area contributed by atoms with Gasteiger partial charge in [-0.15, -0.1) is 0 Å². The fourth-order valence-electron chi connectivity index (χ4n) is 3.43. The van der Waals surface area contributed by atoms with Gasteiger partial charge in [0.2, 0.25) is 5.91 Å². The lowest BCUT2D eigenvalue weighted by Gasteiger charge is -2.18. The van der Waals surface area contributed by atoms with Crippen molar-refractivity contribution in [2.24, 2.45) is 0 Å². The number of fused-ring (bicyclic) bond motifs is 2. The Morgan fingerprint density at radius 1 is 1.19 bits per heavy atom. The van der Waals surface area contributed by atoms with Crippen LogP contribution in [0.25, 0.3) is 10.9 Å². The van der Waals surface area contributed by atoms with Gasteiger partial charge in [0.1, 0.15) is 13.2 Å². The SMILES string of the molecule is O=C(CCc1cc2cc3c(cc2[nH]c1=O)OCCO3)NC1CCS(=O)(=O)C1. The molecular weight excluding hydrogens is 372 g/mol. The Balaban J connectivity index is 1.46. The third kappa shape index (κ3) is 3.92. The van der Waals surface area contributed by atoms with Crippen LogP contribution in [0.2, 0.25) is 0 Å². The lowest BCUT2D eigenvalue weighted by Crippen LogP contribution is -2.35. The van der Waals surface area contributed by atoms with Gasteiger partial charge in [-0.05, 0) is 25.0 Å². The molecule has 9 heteroatoms. The van der Waals surface area contributed by atoms with Crippen LogP contribution in [0.4, 0.5) is 0 Å². The van der Waals surface area contributed by atoms with Gasteiger partial charge in [-0.3, -0.25) is 9.59 Å². The number of nitrogens with one attached hydrogen (secondary N) is 2. The fourth-order valence-corrected chi connectivity index (χ4v) is 5.10. The van der Waals surface area contributed by atoms with Gasteiger partial charge in [0.25, 0.3) is 5.56 Å². The molecule has 1 fully saturated rings. The van der Waals surface area contributed by atoms with Crippen molar-refractivity contribution in [1.29, 1.82) is 0 Å². The predicted octanol–water partition coefficient (Wildman–Crippen LogP) is 0.535. The first-order valence-electron chi connectivity index (χ1n) is 8.85. The van der Waals surface area contributed by atoms with Crippen molar-refractivity contribution in [2.45, 2.75) is 25.3 Å². The molecule has 2 N–H and O–H groups in total. The fraction of sp³-hybridized carbons (Fsp3) is 0.444. The van der Waals surface area contributed by atoms with Gasteiger partial charge < -0.3 is 19.8 Å². The molecule has 0 spiro atoms. The molecule has 0 radical (unpaired) electrons. The number of H-pyrrole nitrogens is 1. The normalized spacial score (nSPS) is 20.5. The van der Waals surface area contributed by atoms with Gasteiger partial charge >= 0.3 is 0 Å². The van der Waals surface area contributed by atoms with E-state index in [0.717, 1.165) is 5.39 Å². The van der Waals surface area contributed by atoms with Crippen molar-refractivity contribution >= 4 is 26.6 Å². The van der Waals surface area contributed by atoms with Gasteiger partial charge in [-0.2, -0.15) is 0 Å². The molecule has 1 saturated heterocycles. The molecule has 144 valence electrons. The third-order valence-corrected chi connectivity index (χ3v) is 6.57. The summed E-state index contributed by atoms with van der Waals surface area (Å²) in [6.07, 6.45) is 0.832. The number of benzene rings is 1. The largest absolute Gasteiger partial charge is 0.486 e. The van der Waals surface area contributed by atoms with Gasteiger partial charge in [0.05, 0.1) is 17.0 Å². The van der Waals surface area contributed by atoms with Crippen molar-refractivity contribution < 1.29 is 22.7 Å². The summed E-state index contributed by atoms with van der Waals surface area (Å²) in [7, 11) is -3.04. The summed E-state index contributed by atoms with van der Waals surface area (Å²) in [5, 5.41) is 3.54. The van der Waals surface area contributed by atoms with Crippen LogP contribution >= 0.6 is 0 Å². The molecule has 3 heterocycles. The quantitative estimate of drug-likeness (QED) is 0.785. The monoisotopic (exact) mass is 392 g/mol. The summed E-state index contributed by atoms with van der Waals surface area (Å²) >= 11 is 0. The zero-order valence-corrected chi connectivity index (χ0v) is 15.4. The molecule has 2 aromatic rings. The Bertz CT molecular complexity index is 1060. The average molecular weight is 392 g/mol. The maximum absolute atomic E-state index is 12.3. The lowest BCUT2D eigenvalue weighted by molar-refractivity contribution is -0.121. The molecule has 27 heavy (non-hydrogen) atoms. The Morgan fingerprint density at radius 3 is 2.63 bits per heavy atom. The molecule has 2 aliphatic heterocycles. The van der Waals surface area contributed by atoms with E-state index in [0.29, 0.717) is 42.2 Å². The van der Waals surface area contributed by atoms with E-state index in [1.165, 1.54) is 0 Å². The van der Waals surface area contributed by atoms with Crippen molar-refractivity contribution in [3.05, 3.63) is 34.1 Å². The predicted molar refractivity (Wildman–Crippen MR) is 99.1 cm³/mol. The molecule has 8 nitrogen and oxygen atoms in total. The summed E-state index contributed by atoms with van der Waals surface area (Å²) in [5.74, 6) is 1.08. The molecule has 4 rings (SSSR count). The Kier molecular flexibility index (Phi) is 4.55. The number of amides is 1. The van der Waals surface area contributed by atoms with E-state index in [1.807, 2.05) is 6.07 Å². The number of pyridine rings is 1. The van der Waals surface area contributed by atoms with E-state index in [-0.39, 0.29) is 41.9 Å². The second-order valence-corrected chi connectivity index (χ2v) is 9.10. The smallest absolute Gasteiger partial charge is 0.251 e. The van der Waals surface area contributed by atoms with Crippen molar-refractivity contribution in [3.8, 4) is 11.5 Å². The van der Waals surface area contributed by atoms with E-state index < -0.39 is 9.84 Å². The number of carbonyl (C=O) groups excluding carboxylic acids is 1. The molecular formula is C18H20N2O6S. The van der Waals surface area contributed by atoms with Crippen LogP contribution in [0.5, 0.6) is 11.5 Å². The first kappa shape index (κ1) is 17.8. The van der Waals surface area contributed by atoms with Crippen LogP contribution < -0.4 is 20.3 Å². The third-order valence-electron chi connectivity index (χ3n) is 4.80. The Labute approximate surface area is 155 Å². The number of hydrogen-bond acceptors (Lipinski definition) is 6. The standard InChI is InChI=1S/C18H20N2O6S/c21-17(19-13-3-6-27(23,24)10-13)2-1-11-7-12-8-15-16(26-5-4-25-15)9-14(12)20-18(11)22/h7-9,13H,1-6,10H2,(H,19,21)(H,20,22). The molecule has 1 unspecified atom stereocenters. The first-order chi connectivity index (χ1) is 12.9. The van der Waals surface area contributed by atoms with Crippen LogP contribution in [0.3, 0.4) is 0 Å². The van der Waals surface area contributed by atoms with E-state index in [9.17, 15) is 18.0 Å². The molecule has 1 atom stereocenters. The number of sulfone groups is 1. The van der Waals surface area contributed by atoms with Gasteiger partial charge in [-0.1, -0.05) is 0 Å². The highest BCUT2D eigenvalue weighted by atomic mass is 32.2. The average Bonchev–Trinajstić information content (AvgIpc) is 2.96. The highest BCUT2D eigenvalue weighted by molar-refractivity contribution is 7.91. The van der Waals surface area contributed by atoms with E-state index in [4.69, 9.17) is 9.47 Å². The van der Waals surface area contributed by atoms with Crippen molar-refractivity contribution in [1.82, 2.24) is 10.3 Å². The van der Waals surface area contributed by atoms with Crippen LogP contribution in [-0.2, 0) is 21.1 Å². The maximum Gasteiger partial charge on any atom is 0.251 e. The molecule has 0 saturated carbocycles. The number of rotatable bonds is 4. The van der Waals surface area contributed by atoms with E-state index in [2.05, 4.69) is 10.3 Å². The van der Waals surface area contributed by atoms with Crippen LogP contribution in [0, 0.1) is 0 Å². The minimum absolute atomic E-state index is 0.0114. The summed E-state index contributed by atoms with van der Waals surface area (Å²) in [6, 6.07) is 4.97. The number of aromatic nitrogens is 1. The number of aryl methyl sites for hydroxylation is 1. The minimum atomic E-state index is -3.04. The first-order valence-corrected chi connectivity index (χ1v) is 10.7. The molecule has 1 amide bonds. The number of carbonyl (C=O) groups is 1. The minimum Gasteiger partial charge on any atom is -0.486 e. The van der Waals surface area contributed by atoms with Gasteiger partial charge in [-0.25, -0.2) is 8.42 Å². The molecule has 0 bridgehead atoms. The highest BCUT2D eigenvalue weighted by Gasteiger charge is 2.28. The zero-order chi connectivity index (χ0) is 19.0. The van der Waals surface area contributed by atoms with Crippen LogP contribution in [0.15, 0.2) is 23.0 Å². The highest BCUT2D eigenvalue weighted by Crippen LogP contribution is 2.33. The number of ether oxygens (including phenoxy) is 2. The molecule has 2 aliphatic rings. The molecule has 1 aromatic heterocycles. The van der Waals surface area contributed by atoms with Crippen LogP contribution in [0.1, 0.15) is 18.4 Å². The topological polar surface area (TPSA) is 115 Å². The Hall–Kier alpha value is -2.55. The van der Waals surface area contributed by atoms with E-state index >= 15 is 0 Å². The zero-order valence-electron chi connectivity index (χ0n) is 14.6. The number of aromatic amines is 1.